The smallest absolute Gasteiger partial charge is 0.417 e. The summed E-state index contributed by atoms with van der Waals surface area (Å²) in [5.41, 5.74) is 0.319. The average Bonchev–Trinajstić information content (AvgIpc) is 3.04. The Kier molecular flexibility index (Phi) is 6.31. The summed E-state index contributed by atoms with van der Waals surface area (Å²) < 4.78 is 45.4. The predicted octanol–water partition coefficient (Wildman–Crippen LogP) is 4.45. The van der Waals surface area contributed by atoms with E-state index in [-0.39, 0.29) is 12.2 Å². The van der Waals surface area contributed by atoms with Gasteiger partial charge in [0.25, 0.3) is 5.91 Å². The van der Waals surface area contributed by atoms with Crippen LogP contribution in [0.1, 0.15) is 18.3 Å². The Balaban J connectivity index is 1.61. The molecule has 0 radical (unpaired) electrons. The van der Waals surface area contributed by atoms with Gasteiger partial charge in [-0.05, 0) is 30.3 Å². The summed E-state index contributed by atoms with van der Waals surface area (Å²) >= 11 is 5.54. The van der Waals surface area contributed by atoms with Gasteiger partial charge in [-0.1, -0.05) is 30.7 Å². The number of anilines is 1. The number of imidazole rings is 1. The number of alkyl halides is 3. The molecule has 30 heavy (non-hydrogen) atoms. The molecule has 2 aromatic carbocycles. The maximum atomic E-state index is 12.9. The number of nitrogens with zero attached hydrogens (tertiary/aromatic N) is 2. The van der Waals surface area contributed by atoms with Crippen LogP contribution in [0.25, 0.3) is 11.0 Å². The average molecular weight is 440 g/mol. The molecule has 3 rings (SSSR count). The molecular weight excluding hydrogens is 423 g/mol. The van der Waals surface area contributed by atoms with Gasteiger partial charge >= 0.3 is 12.1 Å². The molecule has 0 bridgehead atoms. The van der Waals surface area contributed by atoms with Gasteiger partial charge in [-0.25, -0.2) is 4.98 Å². The van der Waals surface area contributed by atoms with E-state index in [9.17, 15) is 22.8 Å². The number of ether oxygens (including phenoxy) is 1. The molecule has 1 amide bonds. The number of carbonyl (C=O) groups is 2. The molecule has 0 aliphatic rings. The van der Waals surface area contributed by atoms with Crippen LogP contribution in [0.3, 0.4) is 0 Å². The molecule has 3 aromatic rings. The third-order valence-electron chi connectivity index (χ3n) is 4.26. The van der Waals surface area contributed by atoms with Crippen LogP contribution in [-0.2, 0) is 33.5 Å². The fourth-order valence-electron chi connectivity index (χ4n) is 2.91. The van der Waals surface area contributed by atoms with Crippen LogP contribution in [-0.4, -0.2) is 28.0 Å². The standard InChI is InChI=1S/C20H17ClF3N3O3/c1-2-17-26-15-5-3-4-6-16(15)27(17)10-19(29)30-11-18(28)25-12-7-8-14(21)13(9-12)20(22,23)24/h3-9H,2,10-11H2,1H3,(H,25,28). The number of fused-ring (bicyclic) bond motifs is 1. The minimum atomic E-state index is -4.66. The summed E-state index contributed by atoms with van der Waals surface area (Å²) in [5, 5.41) is 1.77. The first-order chi connectivity index (χ1) is 14.2. The molecule has 0 unspecified atom stereocenters. The van der Waals surface area contributed by atoms with E-state index in [2.05, 4.69) is 10.3 Å². The van der Waals surface area contributed by atoms with Crippen LogP contribution in [0.5, 0.6) is 0 Å². The summed E-state index contributed by atoms with van der Waals surface area (Å²) in [6.07, 6.45) is -4.06. The predicted molar refractivity (Wildman–Crippen MR) is 105 cm³/mol. The summed E-state index contributed by atoms with van der Waals surface area (Å²) in [5.74, 6) is -0.751. The van der Waals surface area contributed by atoms with Crippen molar-refractivity contribution in [3.8, 4) is 0 Å². The normalized spacial score (nSPS) is 11.5. The van der Waals surface area contributed by atoms with E-state index in [1.165, 1.54) is 6.07 Å². The molecule has 10 heteroatoms. The number of nitrogens with one attached hydrogen (secondary N) is 1. The Morgan fingerprint density at radius 1 is 1.20 bits per heavy atom. The summed E-state index contributed by atoms with van der Waals surface area (Å²) in [7, 11) is 0. The third-order valence-corrected chi connectivity index (χ3v) is 4.59. The maximum Gasteiger partial charge on any atom is 0.417 e. The summed E-state index contributed by atoms with van der Waals surface area (Å²) in [4.78, 5) is 28.6. The lowest BCUT2D eigenvalue weighted by molar-refractivity contribution is -0.147. The van der Waals surface area contributed by atoms with Gasteiger partial charge in [0, 0.05) is 12.1 Å². The molecular formula is C20H17ClF3N3O3. The third kappa shape index (κ3) is 4.91. The van der Waals surface area contributed by atoms with Crippen molar-refractivity contribution in [1.82, 2.24) is 9.55 Å². The fraction of sp³-hybridized carbons (Fsp3) is 0.250. The SMILES string of the molecule is CCc1nc2ccccc2n1CC(=O)OCC(=O)Nc1ccc(Cl)c(C(F)(F)F)c1. The number of para-hydroxylation sites is 2. The van der Waals surface area contributed by atoms with Crippen LogP contribution >= 0.6 is 11.6 Å². The highest BCUT2D eigenvalue weighted by molar-refractivity contribution is 6.31. The van der Waals surface area contributed by atoms with Crippen LogP contribution in [0.4, 0.5) is 18.9 Å². The van der Waals surface area contributed by atoms with Crippen molar-refractivity contribution >= 4 is 40.2 Å². The van der Waals surface area contributed by atoms with Crippen molar-refractivity contribution in [2.24, 2.45) is 0 Å². The molecule has 0 saturated carbocycles. The van der Waals surface area contributed by atoms with Gasteiger partial charge < -0.3 is 14.6 Å². The Morgan fingerprint density at radius 2 is 1.93 bits per heavy atom. The number of hydrogen-bond acceptors (Lipinski definition) is 4. The lowest BCUT2D eigenvalue weighted by Crippen LogP contribution is -2.23. The molecule has 1 aromatic heterocycles. The monoisotopic (exact) mass is 439 g/mol. The Bertz CT molecular complexity index is 1100. The number of carbonyl (C=O) groups excluding carboxylic acids is 2. The van der Waals surface area contributed by atoms with Crippen molar-refractivity contribution in [1.29, 1.82) is 0 Å². The molecule has 0 fully saturated rings. The molecule has 0 atom stereocenters. The van der Waals surface area contributed by atoms with Crippen molar-refractivity contribution in [3.05, 3.63) is 58.9 Å². The highest BCUT2D eigenvalue weighted by atomic mass is 35.5. The van der Waals surface area contributed by atoms with E-state index in [0.717, 1.165) is 17.1 Å². The summed E-state index contributed by atoms with van der Waals surface area (Å²) in [6.45, 7) is 1.12. The van der Waals surface area contributed by atoms with Crippen molar-refractivity contribution in [2.75, 3.05) is 11.9 Å². The molecule has 0 aliphatic carbocycles. The Hall–Kier alpha value is -3.07. The molecule has 1 N–H and O–H groups in total. The van der Waals surface area contributed by atoms with Crippen molar-refractivity contribution in [2.45, 2.75) is 26.1 Å². The number of esters is 1. The lowest BCUT2D eigenvalue weighted by Gasteiger charge is -2.12. The summed E-state index contributed by atoms with van der Waals surface area (Å²) in [6, 6.07) is 10.3. The molecule has 0 saturated heterocycles. The number of halogens is 4. The highest BCUT2D eigenvalue weighted by Crippen LogP contribution is 2.36. The van der Waals surface area contributed by atoms with Gasteiger partial charge in [-0.15, -0.1) is 0 Å². The topological polar surface area (TPSA) is 73.2 Å². The number of hydrogen-bond donors (Lipinski definition) is 1. The number of benzene rings is 2. The van der Waals surface area contributed by atoms with Crippen LogP contribution < -0.4 is 5.32 Å². The molecule has 158 valence electrons. The first-order valence-electron chi connectivity index (χ1n) is 8.95. The van der Waals surface area contributed by atoms with Crippen LogP contribution in [0.2, 0.25) is 5.02 Å². The Morgan fingerprint density at radius 3 is 2.63 bits per heavy atom. The van der Waals surface area contributed by atoms with E-state index in [4.69, 9.17) is 16.3 Å². The van der Waals surface area contributed by atoms with Gasteiger partial charge in [0.05, 0.1) is 21.6 Å². The van der Waals surface area contributed by atoms with Crippen LogP contribution in [0.15, 0.2) is 42.5 Å². The van der Waals surface area contributed by atoms with Gasteiger partial charge in [0.15, 0.2) is 6.61 Å². The van der Waals surface area contributed by atoms with Gasteiger partial charge in [0.2, 0.25) is 0 Å². The van der Waals surface area contributed by atoms with E-state index in [1.807, 2.05) is 31.2 Å². The van der Waals surface area contributed by atoms with E-state index in [1.54, 1.807) is 4.57 Å². The Labute approximate surface area is 174 Å². The first-order valence-corrected chi connectivity index (χ1v) is 9.33. The minimum Gasteiger partial charge on any atom is -0.454 e. The van der Waals surface area contributed by atoms with Gasteiger partial charge in [-0.3, -0.25) is 9.59 Å². The van der Waals surface area contributed by atoms with E-state index < -0.39 is 35.2 Å². The second-order valence-corrected chi connectivity index (χ2v) is 6.76. The zero-order valence-electron chi connectivity index (χ0n) is 15.8. The van der Waals surface area contributed by atoms with Crippen LogP contribution in [0, 0.1) is 0 Å². The number of aryl methyl sites for hydroxylation is 1. The largest absolute Gasteiger partial charge is 0.454 e. The van der Waals surface area contributed by atoms with Gasteiger partial charge in [0.1, 0.15) is 12.4 Å². The fourth-order valence-corrected chi connectivity index (χ4v) is 3.13. The number of aromatic nitrogens is 2. The quantitative estimate of drug-likeness (QED) is 0.576. The molecule has 0 spiro atoms. The second kappa shape index (κ2) is 8.74. The zero-order chi connectivity index (χ0) is 21.9. The second-order valence-electron chi connectivity index (χ2n) is 6.36. The number of rotatable bonds is 6. The molecule has 1 heterocycles. The van der Waals surface area contributed by atoms with Crippen molar-refractivity contribution in [3.63, 3.8) is 0 Å². The lowest BCUT2D eigenvalue weighted by atomic mass is 10.2. The highest BCUT2D eigenvalue weighted by Gasteiger charge is 2.33. The number of amides is 1. The molecule has 6 nitrogen and oxygen atoms in total. The van der Waals surface area contributed by atoms with E-state index in [0.29, 0.717) is 18.3 Å². The minimum absolute atomic E-state index is 0.110. The van der Waals surface area contributed by atoms with Crippen molar-refractivity contribution < 1.29 is 27.5 Å². The molecule has 0 aliphatic heterocycles. The maximum absolute atomic E-state index is 12.9. The first kappa shape index (κ1) is 21.6. The van der Waals surface area contributed by atoms with E-state index >= 15 is 0 Å². The van der Waals surface area contributed by atoms with Gasteiger partial charge in [-0.2, -0.15) is 13.2 Å². The zero-order valence-corrected chi connectivity index (χ0v) is 16.5.